The lowest BCUT2D eigenvalue weighted by Gasteiger charge is -2.20. The van der Waals surface area contributed by atoms with E-state index in [4.69, 9.17) is 25.8 Å². The first-order valence-electron chi connectivity index (χ1n) is 7.47. The molecule has 0 radical (unpaired) electrons. The summed E-state index contributed by atoms with van der Waals surface area (Å²) < 4.78 is 16.2. The van der Waals surface area contributed by atoms with Gasteiger partial charge in [-0.15, -0.1) is 11.6 Å². The zero-order valence-electron chi connectivity index (χ0n) is 13.5. The van der Waals surface area contributed by atoms with Crippen LogP contribution in [0.3, 0.4) is 0 Å². The van der Waals surface area contributed by atoms with Crippen LogP contribution in [-0.2, 0) is 11.2 Å². The molecule has 4 heteroatoms. The third kappa shape index (κ3) is 6.15. The molecule has 3 nitrogen and oxygen atoms in total. The van der Waals surface area contributed by atoms with E-state index in [0.29, 0.717) is 30.9 Å². The molecule has 1 unspecified atom stereocenters. The lowest BCUT2D eigenvalue weighted by atomic mass is 9.90. The van der Waals surface area contributed by atoms with Gasteiger partial charge in [-0.05, 0) is 29.9 Å². The molecule has 0 aliphatic heterocycles. The van der Waals surface area contributed by atoms with Crippen LogP contribution in [0.2, 0.25) is 0 Å². The SMILES string of the molecule is COCCCOc1cc(OC)ccc1CC(CCl)C(C)C. The van der Waals surface area contributed by atoms with Gasteiger partial charge >= 0.3 is 0 Å². The number of alkyl halides is 1. The van der Waals surface area contributed by atoms with E-state index in [1.165, 1.54) is 5.56 Å². The van der Waals surface area contributed by atoms with Crippen molar-refractivity contribution in [2.24, 2.45) is 11.8 Å². The second-order valence-electron chi connectivity index (χ2n) is 5.53. The van der Waals surface area contributed by atoms with Crippen molar-refractivity contribution in [2.45, 2.75) is 26.7 Å². The minimum Gasteiger partial charge on any atom is -0.497 e. The van der Waals surface area contributed by atoms with Crippen molar-refractivity contribution < 1.29 is 14.2 Å². The monoisotopic (exact) mass is 314 g/mol. The fourth-order valence-corrected chi connectivity index (χ4v) is 2.57. The minimum atomic E-state index is 0.446. The highest BCUT2D eigenvalue weighted by Crippen LogP contribution is 2.29. The van der Waals surface area contributed by atoms with Crippen molar-refractivity contribution in [1.29, 1.82) is 0 Å². The predicted molar refractivity (Wildman–Crippen MR) is 87.7 cm³/mol. The quantitative estimate of drug-likeness (QED) is 0.479. The fourth-order valence-electron chi connectivity index (χ4n) is 2.10. The first kappa shape index (κ1) is 18.1. The normalized spacial score (nSPS) is 12.5. The Morgan fingerprint density at radius 3 is 2.48 bits per heavy atom. The van der Waals surface area contributed by atoms with Gasteiger partial charge in [-0.1, -0.05) is 19.9 Å². The Morgan fingerprint density at radius 2 is 1.90 bits per heavy atom. The van der Waals surface area contributed by atoms with E-state index in [9.17, 15) is 0 Å². The van der Waals surface area contributed by atoms with Crippen LogP contribution >= 0.6 is 11.6 Å². The van der Waals surface area contributed by atoms with Gasteiger partial charge in [0.15, 0.2) is 0 Å². The van der Waals surface area contributed by atoms with Gasteiger partial charge < -0.3 is 14.2 Å². The van der Waals surface area contributed by atoms with Crippen molar-refractivity contribution in [3.8, 4) is 11.5 Å². The lowest BCUT2D eigenvalue weighted by Crippen LogP contribution is -2.14. The molecular formula is C17H27ClO3. The van der Waals surface area contributed by atoms with E-state index in [0.717, 1.165) is 24.3 Å². The molecule has 0 N–H and O–H groups in total. The summed E-state index contributed by atoms with van der Waals surface area (Å²) in [7, 11) is 3.37. The second kappa shape index (κ2) is 9.91. The van der Waals surface area contributed by atoms with Gasteiger partial charge in [0.1, 0.15) is 11.5 Å². The molecule has 0 fully saturated rings. The first-order valence-corrected chi connectivity index (χ1v) is 8.00. The van der Waals surface area contributed by atoms with Crippen molar-refractivity contribution >= 4 is 11.6 Å². The Kier molecular flexibility index (Phi) is 8.55. The zero-order valence-corrected chi connectivity index (χ0v) is 14.3. The second-order valence-corrected chi connectivity index (χ2v) is 5.84. The van der Waals surface area contributed by atoms with E-state index < -0.39 is 0 Å². The summed E-state index contributed by atoms with van der Waals surface area (Å²) in [5.74, 6) is 3.35. The lowest BCUT2D eigenvalue weighted by molar-refractivity contribution is 0.171. The van der Waals surface area contributed by atoms with Crippen molar-refractivity contribution in [2.75, 3.05) is 33.3 Å². The van der Waals surface area contributed by atoms with Crippen LogP contribution in [0.25, 0.3) is 0 Å². The van der Waals surface area contributed by atoms with Crippen molar-refractivity contribution in [3.05, 3.63) is 23.8 Å². The van der Waals surface area contributed by atoms with Gasteiger partial charge in [-0.2, -0.15) is 0 Å². The summed E-state index contributed by atoms with van der Waals surface area (Å²) in [4.78, 5) is 0. The molecule has 1 atom stereocenters. The summed E-state index contributed by atoms with van der Waals surface area (Å²) in [5, 5.41) is 0. The van der Waals surface area contributed by atoms with Crippen molar-refractivity contribution in [3.63, 3.8) is 0 Å². The number of methoxy groups -OCH3 is 2. The molecule has 1 aromatic carbocycles. The maximum atomic E-state index is 6.09. The highest BCUT2D eigenvalue weighted by atomic mass is 35.5. The molecule has 0 spiro atoms. The van der Waals surface area contributed by atoms with Crippen molar-refractivity contribution in [1.82, 2.24) is 0 Å². The Labute approximate surface area is 133 Å². The molecule has 0 aliphatic carbocycles. The molecule has 0 amide bonds. The largest absolute Gasteiger partial charge is 0.497 e. The summed E-state index contributed by atoms with van der Waals surface area (Å²) in [6, 6.07) is 6.00. The van der Waals surface area contributed by atoms with E-state index in [2.05, 4.69) is 19.9 Å². The highest BCUT2D eigenvalue weighted by Gasteiger charge is 2.16. The average Bonchev–Trinajstić information content (AvgIpc) is 2.49. The van der Waals surface area contributed by atoms with E-state index in [-0.39, 0.29) is 0 Å². The molecule has 21 heavy (non-hydrogen) atoms. The maximum absolute atomic E-state index is 6.09. The molecule has 1 rings (SSSR count). The van der Waals surface area contributed by atoms with Crippen LogP contribution in [0.5, 0.6) is 11.5 Å². The summed E-state index contributed by atoms with van der Waals surface area (Å²) in [6.07, 6.45) is 1.79. The van der Waals surface area contributed by atoms with Crippen LogP contribution < -0.4 is 9.47 Å². The van der Waals surface area contributed by atoms with Crippen LogP contribution in [0.1, 0.15) is 25.8 Å². The Bertz CT molecular complexity index is 407. The van der Waals surface area contributed by atoms with Gasteiger partial charge in [-0.3, -0.25) is 0 Å². The topological polar surface area (TPSA) is 27.7 Å². The van der Waals surface area contributed by atoms with Gasteiger partial charge in [0.25, 0.3) is 0 Å². The maximum Gasteiger partial charge on any atom is 0.126 e. The summed E-state index contributed by atoms with van der Waals surface area (Å²) in [5.41, 5.74) is 1.19. The van der Waals surface area contributed by atoms with Gasteiger partial charge in [0.05, 0.1) is 13.7 Å². The molecule has 0 saturated carbocycles. The average molecular weight is 315 g/mol. The van der Waals surface area contributed by atoms with Gasteiger partial charge in [0.2, 0.25) is 0 Å². The number of benzene rings is 1. The Hall–Kier alpha value is -0.930. The van der Waals surface area contributed by atoms with E-state index >= 15 is 0 Å². The number of rotatable bonds is 10. The molecule has 0 saturated heterocycles. The summed E-state index contributed by atoms with van der Waals surface area (Å²) >= 11 is 6.09. The molecule has 0 aromatic heterocycles. The van der Waals surface area contributed by atoms with Gasteiger partial charge in [0, 0.05) is 32.1 Å². The third-order valence-corrected chi connectivity index (χ3v) is 4.04. The van der Waals surface area contributed by atoms with E-state index in [1.54, 1.807) is 14.2 Å². The molecule has 0 heterocycles. The smallest absolute Gasteiger partial charge is 0.126 e. The van der Waals surface area contributed by atoms with Crippen LogP contribution in [0, 0.1) is 11.8 Å². The third-order valence-electron chi connectivity index (χ3n) is 3.65. The van der Waals surface area contributed by atoms with Crippen LogP contribution in [-0.4, -0.2) is 33.3 Å². The first-order chi connectivity index (χ1) is 10.1. The zero-order chi connectivity index (χ0) is 15.7. The standard InChI is InChI=1S/C17H27ClO3/c1-13(2)15(12-18)10-14-6-7-16(20-4)11-17(14)21-9-5-8-19-3/h6-7,11,13,15H,5,8-10,12H2,1-4H3. The summed E-state index contributed by atoms with van der Waals surface area (Å²) in [6.45, 7) is 5.75. The molecular weight excluding hydrogens is 288 g/mol. The Morgan fingerprint density at radius 1 is 1.14 bits per heavy atom. The Balaban J connectivity index is 2.80. The fraction of sp³-hybridized carbons (Fsp3) is 0.647. The van der Waals surface area contributed by atoms with Gasteiger partial charge in [-0.25, -0.2) is 0 Å². The number of halogens is 1. The molecule has 120 valence electrons. The number of ether oxygens (including phenoxy) is 3. The van der Waals surface area contributed by atoms with Crippen LogP contribution in [0.15, 0.2) is 18.2 Å². The van der Waals surface area contributed by atoms with Crippen LogP contribution in [0.4, 0.5) is 0 Å². The van der Waals surface area contributed by atoms with E-state index in [1.807, 2.05) is 12.1 Å². The molecule has 0 bridgehead atoms. The number of hydrogen-bond donors (Lipinski definition) is 0. The number of hydrogen-bond acceptors (Lipinski definition) is 3. The minimum absolute atomic E-state index is 0.446. The molecule has 1 aromatic rings. The predicted octanol–water partition coefficient (Wildman–Crippen LogP) is 4.16. The highest BCUT2D eigenvalue weighted by molar-refractivity contribution is 6.18. The molecule has 0 aliphatic rings.